The summed E-state index contributed by atoms with van der Waals surface area (Å²) in [5, 5.41) is 17.9. The number of halogens is 2. The van der Waals surface area contributed by atoms with Crippen LogP contribution in [-0.2, 0) is 0 Å². The minimum Gasteiger partial charge on any atom is -0.478 e. The first kappa shape index (κ1) is 12.9. The Kier molecular flexibility index (Phi) is 3.08. The van der Waals surface area contributed by atoms with Crippen LogP contribution in [0.25, 0.3) is 17.0 Å². The summed E-state index contributed by atoms with van der Waals surface area (Å²) in [6.45, 7) is 0. The molecule has 1 N–H and O–H groups in total. The van der Waals surface area contributed by atoms with Crippen LogP contribution in [0.15, 0.2) is 36.5 Å². The van der Waals surface area contributed by atoms with Crippen molar-refractivity contribution in [2.45, 2.75) is 0 Å². The summed E-state index contributed by atoms with van der Waals surface area (Å²) in [7, 11) is 0. The molecule has 2 aromatic heterocycles. The van der Waals surface area contributed by atoms with Gasteiger partial charge in [0.05, 0.1) is 10.6 Å². The number of carbonyl (C=O) groups is 1. The van der Waals surface area contributed by atoms with Gasteiger partial charge in [0.2, 0.25) is 0 Å². The molecular formula is C13H7Cl2N3O2. The van der Waals surface area contributed by atoms with Gasteiger partial charge in [0, 0.05) is 16.8 Å². The van der Waals surface area contributed by atoms with E-state index in [1.807, 2.05) is 0 Å². The molecule has 0 aliphatic rings. The quantitative estimate of drug-likeness (QED) is 0.788. The highest BCUT2D eigenvalue weighted by atomic mass is 35.5. The second-order valence-electron chi connectivity index (χ2n) is 4.11. The summed E-state index contributed by atoms with van der Waals surface area (Å²) in [6.07, 6.45) is 1.44. The first-order valence-corrected chi connectivity index (χ1v) is 6.35. The van der Waals surface area contributed by atoms with Gasteiger partial charge < -0.3 is 5.11 Å². The van der Waals surface area contributed by atoms with Crippen molar-refractivity contribution in [1.82, 2.24) is 14.6 Å². The molecule has 5 nitrogen and oxygen atoms in total. The fourth-order valence-corrected chi connectivity index (χ4v) is 2.24. The number of benzene rings is 1. The number of nitrogens with zero attached hydrogens (tertiary/aromatic N) is 3. The summed E-state index contributed by atoms with van der Waals surface area (Å²) in [6, 6.07) is 8.35. The monoisotopic (exact) mass is 307 g/mol. The Morgan fingerprint density at radius 2 is 1.85 bits per heavy atom. The maximum Gasteiger partial charge on any atom is 0.337 e. The molecule has 0 aliphatic heterocycles. The Bertz CT molecular complexity index is 812. The van der Waals surface area contributed by atoms with E-state index in [0.29, 0.717) is 16.5 Å². The maximum atomic E-state index is 11.1. The second-order valence-corrected chi connectivity index (χ2v) is 4.95. The maximum absolute atomic E-state index is 11.1. The van der Waals surface area contributed by atoms with Crippen LogP contribution < -0.4 is 0 Å². The Morgan fingerprint density at radius 3 is 2.50 bits per heavy atom. The zero-order chi connectivity index (χ0) is 14.3. The Labute approximate surface area is 123 Å². The molecule has 0 saturated heterocycles. The smallest absolute Gasteiger partial charge is 0.337 e. The molecule has 0 atom stereocenters. The lowest BCUT2D eigenvalue weighted by atomic mass is 10.2. The zero-order valence-corrected chi connectivity index (χ0v) is 11.4. The van der Waals surface area contributed by atoms with Crippen LogP contribution in [0.2, 0.25) is 10.0 Å². The van der Waals surface area contributed by atoms with Gasteiger partial charge in [0.15, 0.2) is 11.5 Å². The lowest BCUT2D eigenvalue weighted by Gasteiger charge is -2.03. The summed E-state index contributed by atoms with van der Waals surface area (Å²) in [4.78, 5) is 11.1. The van der Waals surface area contributed by atoms with Crippen LogP contribution in [-0.4, -0.2) is 25.7 Å². The highest BCUT2D eigenvalue weighted by Gasteiger charge is 2.14. The lowest BCUT2D eigenvalue weighted by molar-refractivity contribution is 0.0696. The Balaban J connectivity index is 2.26. The van der Waals surface area contributed by atoms with Crippen molar-refractivity contribution in [3.05, 3.63) is 52.1 Å². The largest absolute Gasteiger partial charge is 0.478 e. The minimum atomic E-state index is -1.07. The molecule has 2 heterocycles. The van der Waals surface area contributed by atoms with E-state index in [4.69, 9.17) is 28.3 Å². The fraction of sp³-hybridized carbons (Fsp3) is 0. The number of carboxylic acid groups (broad SMARTS) is 1. The number of hydrogen-bond donors (Lipinski definition) is 1. The van der Waals surface area contributed by atoms with Crippen molar-refractivity contribution in [3.8, 4) is 11.4 Å². The predicted molar refractivity (Wildman–Crippen MR) is 75.4 cm³/mol. The van der Waals surface area contributed by atoms with Gasteiger partial charge in [-0.05, 0) is 30.3 Å². The van der Waals surface area contributed by atoms with Gasteiger partial charge in [0.25, 0.3) is 0 Å². The summed E-state index contributed by atoms with van der Waals surface area (Å²) < 4.78 is 1.55. The number of pyridine rings is 1. The molecule has 3 rings (SSSR count). The van der Waals surface area contributed by atoms with E-state index in [2.05, 4.69) is 10.2 Å². The highest BCUT2D eigenvalue weighted by Crippen LogP contribution is 2.24. The third-order valence-electron chi connectivity index (χ3n) is 2.81. The molecule has 0 unspecified atom stereocenters. The van der Waals surface area contributed by atoms with E-state index in [1.165, 1.54) is 12.3 Å². The van der Waals surface area contributed by atoms with Gasteiger partial charge >= 0.3 is 5.97 Å². The summed E-state index contributed by atoms with van der Waals surface area (Å²) >= 11 is 11.9. The lowest BCUT2D eigenvalue weighted by Crippen LogP contribution is -2.00. The van der Waals surface area contributed by atoms with E-state index in [9.17, 15) is 4.79 Å². The van der Waals surface area contributed by atoms with Gasteiger partial charge in [0.1, 0.15) is 0 Å². The van der Waals surface area contributed by atoms with Crippen LogP contribution >= 0.6 is 23.2 Å². The molecule has 0 spiro atoms. The molecular weight excluding hydrogens is 301 g/mol. The molecule has 0 radical (unpaired) electrons. The van der Waals surface area contributed by atoms with Gasteiger partial charge in [-0.1, -0.05) is 23.2 Å². The van der Waals surface area contributed by atoms with E-state index >= 15 is 0 Å². The third kappa shape index (κ3) is 2.11. The average Bonchev–Trinajstić information content (AvgIpc) is 2.84. The predicted octanol–water partition coefficient (Wildman–Crippen LogP) is 3.40. The number of rotatable bonds is 2. The van der Waals surface area contributed by atoms with Crippen molar-refractivity contribution in [2.75, 3.05) is 0 Å². The number of hydrogen-bond acceptors (Lipinski definition) is 3. The normalized spacial score (nSPS) is 10.9. The standard InChI is InChI=1S/C13H7Cl2N3O2/c14-9-3-1-7(2-4-9)11-16-17-12-10(15)5-8(13(19)20)6-18(11)12/h1-6H,(H,19,20). The topological polar surface area (TPSA) is 67.5 Å². The van der Waals surface area contributed by atoms with Gasteiger partial charge in [-0.25, -0.2) is 4.79 Å². The number of aromatic nitrogens is 3. The van der Waals surface area contributed by atoms with Crippen molar-refractivity contribution in [1.29, 1.82) is 0 Å². The van der Waals surface area contributed by atoms with E-state index in [0.717, 1.165) is 5.56 Å². The van der Waals surface area contributed by atoms with Crippen LogP contribution in [0, 0.1) is 0 Å². The van der Waals surface area contributed by atoms with Crippen molar-refractivity contribution >= 4 is 34.8 Å². The van der Waals surface area contributed by atoms with Crippen LogP contribution in [0.3, 0.4) is 0 Å². The first-order chi connectivity index (χ1) is 9.56. The van der Waals surface area contributed by atoms with Crippen molar-refractivity contribution in [2.24, 2.45) is 0 Å². The van der Waals surface area contributed by atoms with Gasteiger partial charge in [-0.15, -0.1) is 10.2 Å². The molecule has 0 fully saturated rings. The van der Waals surface area contributed by atoms with Gasteiger partial charge in [-0.2, -0.15) is 0 Å². The van der Waals surface area contributed by atoms with Crippen LogP contribution in [0.5, 0.6) is 0 Å². The average molecular weight is 308 g/mol. The second kappa shape index (κ2) is 4.77. The molecule has 100 valence electrons. The fourth-order valence-electron chi connectivity index (χ4n) is 1.87. The number of fused-ring (bicyclic) bond motifs is 1. The first-order valence-electron chi connectivity index (χ1n) is 5.60. The molecule has 0 amide bonds. The molecule has 20 heavy (non-hydrogen) atoms. The molecule has 7 heteroatoms. The highest BCUT2D eigenvalue weighted by molar-refractivity contribution is 6.33. The van der Waals surface area contributed by atoms with Crippen LogP contribution in [0.4, 0.5) is 0 Å². The molecule has 0 saturated carbocycles. The SMILES string of the molecule is O=C(O)c1cc(Cl)c2nnc(-c3ccc(Cl)cc3)n2c1. The summed E-state index contributed by atoms with van der Waals surface area (Å²) in [5.41, 5.74) is 1.24. The van der Waals surface area contributed by atoms with Crippen molar-refractivity contribution in [3.63, 3.8) is 0 Å². The molecule has 0 aliphatic carbocycles. The Hall–Kier alpha value is -2.11. The van der Waals surface area contributed by atoms with Crippen LogP contribution in [0.1, 0.15) is 10.4 Å². The Morgan fingerprint density at radius 1 is 1.15 bits per heavy atom. The molecule has 3 aromatic rings. The van der Waals surface area contributed by atoms with Gasteiger partial charge in [-0.3, -0.25) is 4.40 Å². The van der Waals surface area contributed by atoms with E-state index < -0.39 is 5.97 Å². The number of aromatic carboxylic acids is 1. The molecule has 0 bridgehead atoms. The molecule has 1 aromatic carbocycles. The van der Waals surface area contributed by atoms with E-state index in [1.54, 1.807) is 28.7 Å². The zero-order valence-electron chi connectivity index (χ0n) is 9.92. The minimum absolute atomic E-state index is 0.0671. The third-order valence-corrected chi connectivity index (χ3v) is 3.34. The summed E-state index contributed by atoms with van der Waals surface area (Å²) in [5.74, 6) is -0.564. The van der Waals surface area contributed by atoms with E-state index in [-0.39, 0.29) is 10.6 Å². The number of carboxylic acids is 1. The van der Waals surface area contributed by atoms with Crippen molar-refractivity contribution < 1.29 is 9.90 Å².